The van der Waals surface area contributed by atoms with E-state index < -0.39 is 5.97 Å². The summed E-state index contributed by atoms with van der Waals surface area (Å²) in [5.41, 5.74) is 2.50. The summed E-state index contributed by atoms with van der Waals surface area (Å²) in [6, 6.07) is 14.9. The summed E-state index contributed by atoms with van der Waals surface area (Å²) in [5, 5.41) is 14.5. The van der Waals surface area contributed by atoms with Crippen LogP contribution < -0.4 is 15.8 Å². The second-order valence-electron chi connectivity index (χ2n) is 5.79. The van der Waals surface area contributed by atoms with Crippen LogP contribution in [0.3, 0.4) is 0 Å². The fraction of sp³-hybridized carbons (Fsp3) is 0.0952. The maximum Gasteiger partial charge on any atom is 0.344 e. The van der Waals surface area contributed by atoms with Gasteiger partial charge in [-0.15, -0.1) is 0 Å². The smallest absolute Gasteiger partial charge is 0.344 e. The van der Waals surface area contributed by atoms with E-state index in [0.717, 1.165) is 16.5 Å². The van der Waals surface area contributed by atoms with Gasteiger partial charge in [0.05, 0.1) is 10.9 Å². The van der Waals surface area contributed by atoms with E-state index in [0.29, 0.717) is 21.9 Å². The highest BCUT2D eigenvalue weighted by molar-refractivity contribution is 5.95. The zero-order valence-electron chi connectivity index (χ0n) is 14.5. The fourth-order valence-corrected chi connectivity index (χ4v) is 2.61. The predicted molar refractivity (Wildman–Crippen MR) is 104 cm³/mol. The first kappa shape index (κ1) is 17.2. The zero-order chi connectivity index (χ0) is 18.7. The Hall–Kier alpha value is -3.65. The van der Waals surface area contributed by atoms with Gasteiger partial charge in [-0.1, -0.05) is 30.8 Å². The highest BCUT2D eigenvalue weighted by Gasteiger charge is 2.08. The standard InChI is InChI=1S/C21H17N3O2/c1-13-5-4-6-16(11-13)23-20-18(9-10-22-3)14(2)17-8-7-15(21(25)26)12-19(17)24-20/h4-6,9-12H,2H2,1,3H3,(H,23,24)(H,25,26)/b18-9+,22-10-. The van der Waals surface area contributed by atoms with E-state index in [1.165, 1.54) is 6.07 Å². The van der Waals surface area contributed by atoms with Crippen molar-refractivity contribution >= 4 is 47.2 Å². The Kier molecular flexibility index (Phi) is 4.68. The van der Waals surface area contributed by atoms with Gasteiger partial charge in [0.25, 0.3) is 0 Å². The Morgan fingerprint density at radius 2 is 2.15 bits per heavy atom. The number of aryl methyl sites for hydroxylation is 1. The van der Waals surface area contributed by atoms with Crippen LogP contribution in [0.15, 0.2) is 35.3 Å². The van der Waals surface area contributed by atoms with Gasteiger partial charge in [0.15, 0.2) is 0 Å². The molecule has 5 heteroatoms. The van der Waals surface area contributed by atoms with Crippen molar-refractivity contribution in [3.8, 4) is 0 Å². The molecule has 5 nitrogen and oxygen atoms in total. The molecule has 0 saturated heterocycles. The molecule has 0 atom stereocenters. The minimum absolute atomic E-state index is 0.0118. The third-order valence-electron chi connectivity index (χ3n) is 3.88. The molecule has 1 heterocycles. The maximum atomic E-state index is 11.2. The average Bonchev–Trinajstić information content (AvgIpc) is 2.61. The van der Waals surface area contributed by atoms with Crippen LogP contribution in [-0.4, -0.2) is 29.3 Å². The van der Waals surface area contributed by atoms with Gasteiger partial charge in [-0.2, -0.15) is 0 Å². The van der Waals surface area contributed by atoms with Gasteiger partial charge in [0.1, 0.15) is 11.4 Å². The molecule has 26 heavy (non-hydrogen) atoms. The molecule has 0 bridgehead atoms. The highest BCUT2D eigenvalue weighted by Crippen LogP contribution is 2.15. The number of benzene rings is 1. The lowest BCUT2D eigenvalue weighted by Gasteiger charge is -2.09. The van der Waals surface area contributed by atoms with E-state index >= 15 is 0 Å². The van der Waals surface area contributed by atoms with Gasteiger partial charge < -0.3 is 10.4 Å². The SMILES string of the molecule is C=c1/c(=C\C=N/C)c(Nc2cccc(C)c2)nc2cc(C(=O)O)c#cc12. The summed E-state index contributed by atoms with van der Waals surface area (Å²) in [5.74, 6) is -0.499. The van der Waals surface area contributed by atoms with Gasteiger partial charge in [-0.05, 0) is 42.0 Å². The first-order valence-corrected chi connectivity index (χ1v) is 7.95. The van der Waals surface area contributed by atoms with Crippen LogP contribution in [0.4, 0.5) is 11.5 Å². The molecular formula is C21H17N3O2. The molecule has 0 fully saturated rings. The van der Waals surface area contributed by atoms with E-state index in [2.05, 4.69) is 34.0 Å². The Labute approximate surface area is 151 Å². The van der Waals surface area contributed by atoms with Crippen molar-refractivity contribution in [3.05, 3.63) is 64.0 Å². The molecule has 0 spiro atoms. The van der Waals surface area contributed by atoms with Crippen molar-refractivity contribution in [2.24, 2.45) is 4.99 Å². The number of fused-ring (bicyclic) bond motifs is 1. The summed E-state index contributed by atoms with van der Waals surface area (Å²) >= 11 is 0. The maximum absolute atomic E-state index is 11.2. The molecule has 2 aromatic carbocycles. The average molecular weight is 343 g/mol. The monoisotopic (exact) mass is 343 g/mol. The van der Waals surface area contributed by atoms with E-state index in [1.807, 2.05) is 37.3 Å². The molecule has 0 aliphatic rings. The first-order valence-electron chi connectivity index (χ1n) is 7.95. The van der Waals surface area contributed by atoms with E-state index in [1.54, 1.807) is 13.3 Å². The van der Waals surface area contributed by atoms with Gasteiger partial charge in [-0.3, -0.25) is 4.99 Å². The van der Waals surface area contributed by atoms with Crippen LogP contribution in [0.5, 0.6) is 0 Å². The number of nitrogens with one attached hydrogen (secondary N) is 1. The minimum atomic E-state index is -1.07. The van der Waals surface area contributed by atoms with Crippen molar-refractivity contribution in [1.29, 1.82) is 0 Å². The zero-order valence-corrected chi connectivity index (χ0v) is 14.5. The number of pyridine rings is 1. The number of rotatable bonds is 4. The van der Waals surface area contributed by atoms with Crippen LogP contribution in [0.25, 0.3) is 23.6 Å². The van der Waals surface area contributed by atoms with Gasteiger partial charge >= 0.3 is 5.97 Å². The lowest BCUT2D eigenvalue weighted by atomic mass is 10.1. The number of anilines is 2. The molecule has 3 rings (SSSR count). The molecule has 0 amide bonds. The van der Waals surface area contributed by atoms with Crippen molar-refractivity contribution in [1.82, 2.24) is 4.98 Å². The number of nitrogens with zero attached hydrogens (tertiary/aromatic N) is 2. The second kappa shape index (κ2) is 7.08. The van der Waals surface area contributed by atoms with Crippen LogP contribution >= 0.6 is 0 Å². The fourth-order valence-electron chi connectivity index (χ4n) is 2.61. The third kappa shape index (κ3) is 3.40. The van der Waals surface area contributed by atoms with E-state index in [-0.39, 0.29) is 5.56 Å². The number of carboxylic acids is 1. The topological polar surface area (TPSA) is 74.6 Å². The number of carbonyl (C=O) groups is 1. The molecule has 128 valence electrons. The summed E-state index contributed by atoms with van der Waals surface area (Å²) in [4.78, 5) is 19.8. The number of hydrogen-bond acceptors (Lipinski definition) is 4. The van der Waals surface area contributed by atoms with Crippen LogP contribution in [0.2, 0.25) is 0 Å². The van der Waals surface area contributed by atoms with Crippen LogP contribution in [-0.2, 0) is 0 Å². The van der Waals surface area contributed by atoms with E-state index in [9.17, 15) is 9.90 Å². The Bertz CT molecular complexity index is 1130. The van der Waals surface area contributed by atoms with Crippen LogP contribution in [0.1, 0.15) is 15.9 Å². The molecule has 0 aliphatic carbocycles. The Morgan fingerprint density at radius 1 is 1.35 bits per heavy atom. The lowest BCUT2D eigenvalue weighted by Crippen LogP contribution is -2.28. The largest absolute Gasteiger partial charge is 0.477 e. The Balaban J connectivity index is 2.27. The molecule has 2 N–H and O–H groups in total. The summed E-state index contributed by atoms with van der Waals surface area (Å²) in [7, 11) is 1.68. The molecular weight excluding hydrogens is 326 g/mol. The summed E-state index contributed by atoms with van der Waals surface area (Å²) in [6.45, 7) is 6.13. The second-order valence-corrected chi connectivity index (χ2v) is 5.79. The number of carboxylic acid groups (broad SMARTS) is 1. The van der Waals surface area contributed by atoms with E-state index in [4.69, 9.17) is 0 Å². The van der Waals surface area contributed by atoms with Crippen molar-refractivity contribution in [2.45, 2.75) is 6.92 Å². The van der Waals surface area contributed by atoms with Crippen LogP contribution in [0, 0.1) is 19.1 Å². The number of aliphatic imine (C=N–C) groups is 1. The first-order chi connectivity index (χ1) is 12.5. The quantitative estimate of drug-likeness (QED) is 0.714. The highest BCUT2D eigenvalue weighted by atomic mass is 16.4. The molecule has 1 aromatic heterocycles. The number of aromatic nitrogens is 1. The minimum Gasteiger partial charge on any atom is -0.477 e. The van der Waals surface area contributed by atoms with Gasteiger partial charge in [0, 0.05) is 24.2 Å². The summed E-state index contributed by atoms with van der Waals surface area (Å²) < 4.78 is 0. The molecule has 3 aromatic rings. The van der Waals surface area contributed by atoms with Gasteiger partial charge in [-0.25, -0.2) is 9.78 Å². The molecule has 0 saturated carbocycles. The van der Waals surface area contributed by atoms with Crippen molar-refractivity contribution in [2.75, 3.05) is 12.4 Å². The summed E-state index contributed by atoms with van der Waals surface area (Å²) in [6.07, 6.45) is 3.47. The number of aromatic carboxylic acids is 1. The molecule has 0 unspecified atom stereocenters. The van der Waals surface area contributed by atoms with Crippen molar-refractivity contribution < 1.29 is 9.90 Å². The normalized spacial score (nSPS) is 11.7. The lowest BCUT2D eigenvalue weighted by molar-refractivity contribution is 0.0697. The Morgan fingerprint density at radius 3 is 2.85 bits per heavy atom. The number of hydrogen-bond donors (Lipinski definition) is 2. The van der Waals surface area contributed by atoms with Gasteiger partial charge in [0.2, 0.25) is 0 Å². The molecule has 0 radical (unpaired) electrons. The third-order valence-corrected chi connectivity index (χ3v) is 3.88. The van der Waals surface area contributed by atoms with Crippen molar-refractivity contribution in [3.63, 3.8) is 0 Å². The predicted octanol–water partition coefficient (Wildman–Crippen LogP) is 2.48. The molecule has 0 aliphatic heterocycles.